The van der Waals surface area contributed by atoms with Gasteiger partial charge in [-0.1, -0.05) is 23.4 Å². The van der Waals surface area contributed by atoms with E-state index in [-0.39, 0.29) is 59.6 Å². The predicted molar refractivity (Wildman–Crippen MR) is 107 cm³/mol. The molecule has 0 saturated heterocycles. The molecule has 2 aromatic rings. The predicted octanol–water partition coefficient (Wildman–Crippen LogP) is 6.73. The molecule has 1 aliphatic carbocycles. The fraction of sp³-hybridized carbons (Fsp3) is 0.400. The number of sulfone groups is 1. The Bertz CT molecular complexity index is 999. The number of rotatable bonds is 5. The molecule has 0 heterocycles. The topological polar surface area (TPSA) is 34.1 Å². The lowest BCUT2D eigenvalue weighted by Gasteiger charge is -2.40. The fourth-order valence-electron chi connectivity index (χ4n) is 3.89. The molecule has 2 aromatic carbocycles. The van der Waals surface area contributed by atoms with E-state index in [9.17, 15) is 30.4 Å². The van der Waals surface area contributed by atoms with E-state index in [2.05, 4.69) is 0 Å². The quantitative estimate of drug-likeness (QED) is 0.441. The second kappa shape index (κ2) is 8.67. The number of thioether (sulfide) groups is 1. The van der Waals surface area contributed by atoms with Crippen molar-refractivity contribution in [3.63, 3.8) is 0 Å². The highest BCUT2D eigenvalue weighted by Gasteiger charge is 2.50. The second-order valence-corrected chi connectivity index (χ2v) is 11.1. The minimum Gasteiger partial charge on any atom is -0.223 e. The molecule has 1 saturated carbocycles. The van der Waals surface area contributed by atoms with Crippen LogP contribution in [0.3, 0.4) is 0 Å². The molecule has 0 bridgehead atoms. The van der Waals surface area contributed by atoms with Crippen LogP contribution in [0, 0.1) is 17.6 Å². The van der Waals surface area contributed by atoms with Crippen LogP contribution < -0.4 is 0 Å². The van der Waals surface area contributed by atoms with E-state index in [1.807, 2.05) is 0 Å². The SMILES string of the molecule is O=S(=O)(c1ccc(Cl)cc1)C1(c2cc(F)ccc2F)CCC(CSC(F)(F)F)CC1. The van der Waals surface area contributed by atoms with Crippen molar-refractivity contribution in [3.05, 3.63) is 64.7 Å². The highest BCUT2D eigenvalue weighted by Crippen LogP contribution is 2.50. The van der Waals surface area contributed by atoms with Crippen molar-refractivity contribution in [2.75, 3.05) is 5.75 Å². The number of hydrogen-bond acceptors (Lipinski definition) is 3. The molecule has 10 heteroatoms. The van der Waals surface area contributed by atoms with E-state index in [4.69, 9.17) is 11.6 Å². The van der Waals surface area contributed by atoms with Crippen LogP contribution in [0.15, 0.2) is 47.4 Å². The van der Waals surface area contributed by atoms with Gasteiger partial charge in [0.1, 0.15) is 16.4 Å². The van der Waals surface area contributed by atoms with Gasteiger partial charge in [0, 0.05) is 16.3 Å². The molecule has 1 fully saturated rings. The van der Waals surface area contributed by atoms with Crippen LogP contribution in [0.5, 0.6) is 0 Å². The number of alkyl halides is 3. The highest BCUT2D eigenvalue weighted by atomic mass is 35.5. The number of halogens is 6. The molecule has 3 rings (SSSR count). The maximum atomic E-state index is 14.7. The summed E-state index contributed by atoms with van der Waals surface area (Å²) in [6, 6.07) is 7.99. The van der Waals surface area contributed by atoms with Gasteiger partial charge in [0.05, 0.1) is 4.90 Å². The van der Waals surface area contributed by atoms with Gasteiger partial charge < -0.3 is 0 Å². The summed E-state index contributed by atoms with van der Waals surface area (Å²) >= 11 is 5.69. The lowest BCUT2D eigenvalue weighted by molar-refractivity contribution is -0.0330. The minimum absolute atomic E-state index is 0.0984. The summed E-state index contributed by atoms with van der Waals surface area (Å²) in [7, 11) is -4.19. The third kappa shape index (κ3) is 4.78. The Balaban J connectivity index is 2.01. The molecule has 0 atom stereocenters. The standard InChI is InChI=1S/C20H18ClF5O2S2/c21-14-1-4-16(5-2-14)30(27,28)19(17-11-15(22)3-6-18(17)23)9-7-13(8-10-19)12-29-20(24,25)26/h1-6,11,13H,7-10,12H2. The smallest absolute Gasteiger partial charge is 0.223 e. The van der Waals surface area contributed by atoms with Crippen molar-refractivity contribution in [1.29, 1.82) is 0 Å². The molecule has 1 aliphatic rings. The molecule has 2 nitrogen and oxygen atoms in total. The van der Waals surface area contributed by atoms with Crippen LogP contribution in [-0.2, 0) is 14.6 Å². The van der Waals surface area contributed by atoms with Gasteiger partial charge in [-0.15, -0.1) is 0 Å². The lowest BCUT2D eigenvalue weighted by atomic mass is 9.78. The average Bonchev–Trinajstić information content (AvgIpc) is 2.68. The van der Waals surface area contributed by atoms with Gasteiger partial charge >= 0.3 is 5.51 Å². The van der Waals surface area contributed by atoms with Crippen LogP contribution in [0.4, 0.5) is 22.0 Å². The van der Waals surface area contributed by atoms with Gasteiger partial charge in [-0.3, -0.25) is 0 Å². The lowest BCUT2D eigenvalue weighted by Crippen LogP contribution is -2.41. The third-order valence-electron chi connectivity index (χ3n) is 5.45. The maximum absolute atomic E-state index is 14.7. The molecule has 0 unspecified atom stereocenters. The van der Waals surface area contributed by atoms with E-state index in [0.717, 1.165) is 18.2 Å². The Morgan fingerprint density at radius 2 is 1.63 bits per heavy atom. The highest BCUT2D eigenvalue weighted by molar-refractivity contribution is 8.00. The normalized spacial score (nSPS) is 22.8. The molecule has 0 aliphatic heterocycles. The first kappa shape index (κ1) is 23.3. The summed E-state index contributed by atoms with van der Waals surface area (Å²) in [6.45, 7) is 0. The Kier molecular flexibility index (Phi) is 6.74. The van der Waals surface area contributed by atoms with Crippen molar-refractivity contribution in [2.45, 2.75) is 40.8 Å². The average molecular weight is 485 g/mol. The Labute approximate surface area is 180 Å². The van der Waals surface area contributed by atoms with Crippen LogP contribution in [0.25, 0.3) is 0 Å². The van der Waals surface area contributed by atoms with E-state index in [1.54, 1.807) is 0 Å². The van der Waals surface area contributed by atoms with Gasteiger partial charge in [-0.2, -0.15) is 13.2 Å². The minimum atomic E-state index is -4.38. The largest absolute Gasteiger partial charge is 0.441 e. The first-order valence-corrected chi connectivity index (χ1v) is 12.0. The van der Waals surface area contributed by atoms with Gasteiger partial charge in [0.15, 0.2) is 9.84 Å². The summed E-state index contributed by atoms with van der Waals surface area (Å²) < 4.78 is 91.7. The van der Waals surface area contributed by atoms with Gasteiger partial charge in [0.25, 0.3) is 0 Å². The van der Waals surface area contributed by atoms with Gasteiger partial charge in [-0.05, 0) is 74.1 Å². The first-order chi connectivity index (χ1) is 13.9. The van der Waals surface area contributed by atoms with Crippen molar-refractivity contribution in [3.8, 4) is 0 Å². The van der Waals surface area contributed by atoms with Crippen molar-refractivity contribution < 1.29 is 30.4 Å². The van der Waals surface area contributed by atoms with Crippen molar-refractivity contribution in [2.24, 2.45) is 5.92 Å². The molecule has 30 heavy (non-hydrogen) atoms. The van der Waals surface area contributed by atoms with E-state index in [0.29, 0.717) is 5.02 Å². The van der Waals surface area contributed by atoms with Crippen LogP contribution in [0.1, 0.15) is 31.2 Å². The fourth-order valence-corrected chi connectivity index (χ4v) is 6.94. The zero-order valence-corrected chi connectivity index (χ0v) is 17.9. The van der Waals surface area contributed by atoms with Gasteiger partial charge in [0.2, 0.25) is 0 Å². The van der Waals surface area contributed by atoms with Crippen LogP contribution in [-0.4, -0.2) is 19.7 Å². The van der Waals surface area contributed by atoms with E-state index < -0.39 is 31.7 Å². The summed E-state index contributed by atoms with van der Waals surface area (Å²) in [6.07, 6.45) is 0.0700. The molecule has 0 spiro atoms. The molecular formula is C20H18ClF5O2S2. The van der Waals surface area contributed by atoms with Crippen molar-refractivity contribution in [1.82, 2.24) is 0 Å². The summed E-state index contributed by atoms with van der Waals surface area (Å²) in [5, 5.41) is 0.313. The van der Waals surface area contributed by atoms with Crippen LogP contribution in [0.2, 0.25) is 5.02 Å². The van der Waals surface area contributed by atoms with Crippen LogP contribution >= 0.6 is 23.4 Å². The number of benzene rings is 2. The molecular weight excluding hydrogens is 467 g/mol. The third-order valence-corrected chi connectivity index (χ3v) is 9.22. The molecule has 0 amide bonds. The molecule has 0 aromatic heterocycles. The van der Waals surface area contributed by atoms with Gasteiger partial charge in [-0.25, -0.2) is 17.2 Å². The molecule has 0 radical (unpaired) electrons. The molecule has 164 valence electrons. The Morgan fingerprint density at radius 1 is 1.03 bits per heavy atom. The zero-order chi connectivity index (χ0) is 22.2. The monoisotopic (exact) mass is 484 g/mol. The van der Waals surface area contributed by atoms with E-state index in [1.165, 1.54) is 24.3 Å². The Morgan fingerprint density at radius 3 is 2.20 bits per heavy atom. The second-order valence-electron chi connectivity index (χ2n) is 7.28. The Hall–Kier alpha value is -1.32. The molecule has 0 N–H and O–H groups in total. The first-order valence-electron chi connectivity index (χ1n) is 9.11. The summed E-state index contributed by atoms with van der Waals surface area (Å²) in [5.74, 6) is -2.22. The summed E-state index contributed by atoms with van der Waals surface area (Å²) in [4.78, 5) is -0.0984. The zero-order valence-electron chi connectivity index (χ0n) is 15.6. The van der Waals surface area contributed by atoms with Crippen molar-refractivity contribution >= 4 is 33.2 Å². The number of hydrogen-bond donors (Lipinski definition) is 0. The van der Waals surface area contributed by atoms with E-state index >= 15 is 0 Å². The summed E-state index contributed by atoms with van der Waals surface area (Å²) in [5.41, 5.74) is -4.67. The maximum Gasteiger partial charge on any atom is 0.441 e.